The lowest BCUT2D eigenvalue weighted by atomic mass is 10.0. The van der Waals surface area contributed by atoms with E-state index in [0.29, 0.717) is 10.8 Å². The third-order valence-corrected chi connectivity index (χ3v) is 7.61. The Labute approximate surface area is 196 Å². The number of sulfonamides is 1. The Morgan fingerprint density at radius 3 is 2.53 bits per heavy atom. The number of alkyl halides is 3. The number of nitrogens with zero attached hydrogens (tertiary/aromatic N) is 3. The highest BCUT2D eigenvalue weighted by molar-refractivity contribution is 7.93. The predicted octanol–water partition coefficient (Wildman–Crippen LogP) is 4.13. The molecule has 0 saturated heterocycles. The van der Waals surface area contributed by atoms with E-state index in [0.717, 1.165) is 33.8 Å². The van der Waals surface area contributed by atoms with E-state index in [4.69, 9.17) is 0 Å². The monoisotopic (exact) mass is 509 g/mol. The van der Waals surface area contributed by atoms with Gasteiger partial charge in [0.25, 0.3) is 10.0 Å². The van der Waals surface area contributed by atoms with E-state index in [1.54, 1.807) is 18.3 Å². The fourth-order valence-electron chi connectivity index (χ4n) is 3.42. The third-order valence-electron chi connectivity index (χ3n) is 5.04. The van der Waals surface area contributed by atoms with E-state index in [1.807, 2.05) is 0 Å². The van der Waals surface area contributed by atoms with Crippen molar-refractivity contribution in [3.63, 3.8) is 0 Å². The Morgan fingerprint density at radius 1 is 1.06 bits per heavy atom. The van der Waals surface area contributed by atoms with Gasteiger partial charge in [-0.05, 0) is 47.3 Å². The molecule has 4 aromatic rings. The minimum absolute atomic E-state index is 0.00863. The molecule has 0 aliphatic rings. The first-order valence-corrected chi connectivity index (χ1v) is 12.2. The molecule has 0 fully saturated rings. The van der Waals surface area contributed by atoms with Crippen LogP contribution in [-0.4, -0.2) is 41.3 Å². The van der Waals surface area contributed by atoms with Gasteiger partial charge in [0, 0.05) is 35.8 Å². The first kappa shape index (κ1) is 24.1. The number of hydrogen-bond donors (Lipinski definition) is 2. The molecule has 0 bridgehead atoms. The maximum atomic E-state index is 13.8. The van der Waals surface area contributed by atoms with Crippen LogP contribution in [0.5, 0.6) is 0 Å². The van der Waals surface area contributed by atoms with Crippen molar-refractivity contribution in [2.45, 2.75) is 23.6 Å². The van der Waals surface area contributed by atoms with Gasteiger partial charge < -0.3 is 10.2 Å². The Balaban J connectivity index is 1.92. The summed E-state index contributed by atoms with van der Waals surface area (Å²) < 4.78 is 68.6. The molecule has 1 unspecified atom stereocenters. The van der Waals surface area contributed by atoms with Crippen LogP contribution >= 0.6 is 11.3 Å². The van der Waals surface area contributed by atoms with Crippen LogP contribution in [0.1, 0.15) is 11.1 Å². The number of halogens is 3. The van der Waals surface area contributed by atoms with Crippen molar-refractivity contribution in [3.8, 4) is 0 Å². The Morgan fingerprint density at radius 2 is 1.85 bits per heavy atom. The topological polar surface area (TPSA) is 104 Å². The van der Waals surface area contributed by atoms with Crippen LogP contribution in [-0.2, 0) is 22.6 Å². The van der Waals surface area contributed by atoms with Gasteiger partial charge in [-0.2, -0.15) is 13.2 Å². The van der Waals surface area contributed by atoms with Gasteiger partial charge in [0.05, 0.1) is 28.9 Å². The average Bonchev–Trinajstić information content (AvgIpc) is 3.33. The summed E-state index contributed by atoms with van der Waals surface area (Å²) in [7, 11) is -4.35. The maximum absolute atomic E-state index is 13.8. The molecular formula is C22H18F3N3O4S2. The molecule has 0 amide bonds. The highest BCUT2D eigenvalue weighted by atomic mass is 32.2. The minimum Gasteiger partial charge on any atom is -0.394 e. The molecule has 1 atom stereocenters. The molecule has 4 rings (SSSR count). The molecular weight excluding hydrogens is 491 g/mol. The lowest BCUT2D eigenvalue weighted by molar-refractivity contribution is -0.137. The van der Waals surface area contributed by atoms with Crippen LogP contribution in [0.3, 0.4) is 0 Å². The second-order valence-electron chi connectivity index (χ2n) is 7.35. The smallest absolute Gasteiger partial charge is 0.394 e. The van der Waals surface area contributed by atoms with Crippen molar-refractivity contribution in [2.24, 2.45) is 0 Å². The van der Waals surface area contributed by atoms with E-state index >= 15 is 0 Å². The van der Waals surface area contributed by atoms with Crippen LogP contribution in [0.2, 0.25) is 0 Å². The van der Waals surface area contributed by atoms with Gasteiger partial charge in [0.2, 0.25) is 5.13 Å². The highest BCUT2D eigenvalue weighted by Crippen LogP contribution is 2.39. The fourth-order valence-corrected chi connectivity index (χ4v) is 5.82. The van der Waals surface area contributed by atoms with Crippen LogP contribution in [0.25, 0.3) is 10.8 Å². The third kappa shape index (κ3) is 4.75. The van der Waals surface area contributed by atoms with Gasteiger partial charge in [-0.1, -0.05) is 6.07 Å². The molecule has 2 aromatic carbocycles. The molecule has 0 spiro atoms. The lowest BCUT2D eigenvalue weighted by Gasteiger charge is -2.26. The largest absolute Gasteiger partial charge is 0.416 e. The number of fused-ring (bicyclic) bond motifs is 1. The summed E-state index contributed by atoms with van der Waals surface area (Å²) >= 11 is 0.986. The van der Waals surface area contributed by atoms with Gasteiger partial charge in [-0.15, -0.1) is 11.3 Å². The van der Waals surface area contributed by atoms with Crippen molar-refractivity contribution in [1.29, 1.82) is 0 Å². The van der Waals surface area contributed by atoms with Crippen molar-refractivity contribution in [1.82, 2.24) is 9.97 Å². The molecule has 178 valence electrons. The molecule has 12 heteroatoms. The lowest BCUT2D eigenvalue weighted by Crippen LogP contribution is -2.28. The van der Waals surface area contributed by atoms with Crippen LogP contribution < -0.4 is 4.31 Å². The Hall–Kier alpha value is -3.06. The number of aliphatic hydroxyl groups is 2. The molecule has 2 N–H and O–H groups in total. The Kier molecular flexibility index (Phi) is 6.58. The van der Waals surface area contributed by atoms with Crippen LogP contribution in [0.15, 0.2) is 71.3 Å². The van der Waals surface area contributed by atoms with Gasteiger partial charge in [0.1, 0.15) is 0 Å². The normalized spacial score (nSPS) is 13.2. The second-order valence-corrected chi connectivity index (χ2v) is 10.0. The molecule has 2 aromatic heterocycles. The fraction of sp³-hybridized carbons (Fsp3) is 0.182. The number of pyridine rings is 1. The standard InChI is InChI=1S/C22H18F3N3O4S2/c23-22(24,25)17-2-4-20(16(9-17)10-18(30)13-29)28(21-27-7-8-33-21)34(31,32)19-3-1-15-12-26-6-5-14(15)11-19/h1-9,11-12,18,29-30H,10,13H2. The number of anilines is 2. The number of thiazole rings is 1. The summed E-state index contributed by atoms with van der Waals surface area (Å²) in [4.78, 5) is 7.98. The maximum Gasteiger partial charge on any atom is 0.416 e. The van der Waals surface area contributed by atoms with Crippen LogP contribution in [0, 0.1) is 0 Å². The van der Waals surface area contributed by atoms with E-state index in [-0.39, 0.29) is 21.3 Å². The van der Waals surface area contributed by atoms with Crippen molar-refractivity contribution < 1.29 is 31.8 Å². The predicted molar refractivity (Wildman–Crippen MR) is 121 cm³/mol. The molecule has 34 heavy (non-hydrogen) atoms. The number of rotatable bonds is 7. The van der Waals surface area contributed by atoms with E-state index in [1.165, 1.54) is 29.9 Å². The molecule has 0 saturated carbocycles. The minimum atomic E-state index is -4.69. The van der Waals surface area contributed by atoms with Gasteiger partial charge in [0.15, 0.2) is 0 Å². The van der Waals surface area contributed by atoms with Crippen molar-refractivity contribution >= 4 is 43.0 Å². The summed E-state index contributed by atoms with van der Waals surface area (Å²) in [5.41, 5.74) is -1.23. The summed E-state index contributed by atoms with van der Waals surface area (Å²) in [6.45, 7) is -0.710. The summed E-state index contributed by atoms with van der Waals surface area (Å²) in [5, 5.41) is 22.1. The van der Waals surface area contributed by atoms with Gasteiger partial charge >= 0.3 is 6.18 Å². The summed E-state index contributed by atoms with van der Waals surface area (Å²) in [5.74, 6) is 0. The number of hydrogen-bond acceptors (Lipinski definition) is 7. The number of aliphatic hydroxyl groups excluding tert-OH is 2. The SMILES string of the molecule is O=S(=O)(c1ccc2cnccc2c1)N(c1nccs1)c1ccc(C(F)(F)F)cc1CC(O)CO. The highest BCUT2D eigenvalue weighted by Gasteiger charge is 2.35. The zero-order valence-electron chi connectivity index (χ0n) is 17.3. The second kappa shape index (κ2) is 9.29. The van der Waals surface area contributed by atoms with Crippen molar-refractivity contribution in [2.75, 3.05) is 10.9 Å². The Bertz CT molecular complexity index is 1410. The molecule has 2 heterocycles. The summed E-state index contributed by atoms with van der Waals surface area (Å²) in [6.07, 6.45) is -2.02. The first-order chi connectivity index (χ1) is 16.1. The van der Waals surface area contributed by atoms with E-state index in [9.17, 15) is 31.8 Å². The summed E-state index contributed by atoms with van der Waals surface area (Å²) in [6, 6.07) is 8.63. The van der Waals surface area contributed by atoms with Crippen LogP contribution in [0.4, 0.5) is 24.0 Å². The zero-order valence-corrected chi connectivity index (χ0v) is 19.0. The quantitative estimate of drug-likeness (QED) is 0.388. The average molecular weight is 510 g/mol. The van der Waals surface area contributed by atoms with Gasteiger partial charge in [-0.3, -0.25) is 4.98 Å². The van der Waals surface area contributed by atoms with E-state index in [2.05, 4.69) is 9.97 Å². The number of benzene rings is 2. The molecule has 0 radical (unpaired) electrons. The number of aromatic nitrogens is 2. The molecule has 0 aliphatic carbocycles. The molecule has 0 aliphatic heterocycles. The van der Waals surface area contributed by atoms with Crippen molar-refractivity contribution in [3.05, 3.63) is 77.6 Å². The van der Waals surface area contributed by atoms with E-state index < -0.39 is 40.9 Å². The molecule has 7 nitrogen and oxygen atoms in total. The first-order valence-electron chi connectivity index (χ1n) is 9.89. The van der Waals surface area contributed by atoms with Gasteiger partial charge in [-0.25, -0.2) is 17.7 Å². The zero-order chi connectivity index (χ0) is 24.5.